The highest BCUT2D eigenvalue weighted by Gasteiger charge is 2.06. The maximum absolute atomic E-state index is 10.1. The Kier molecular flexibility index (Phi) is 3.94. The Hall–Kier alpha value is -1.60. The highest BCUT2D eigenvalue weighted by molar-refractivity contribution is 5.23. The summed E-state index contributed by atoms with van der Waals surface area (Å²) in [6.07, 6.45) is 1.32. The van der Waals surface area contributed by atoms with Gasteiger partial charge in [-0.1, -0.05) is 60.2 Å². The van der Waals surface area contributed by atoms with Crippen LogP contribution in [0.15, 0.2) is 54.6 Å². The number of hydrogen-bond donors (Lipinski definition) is 1. The van der Waals surface area contributed by atoms with Gasteiger partial charge in [-0.3, -0.25) is 0 Å². The molecule has 0 unspecified atom stereocenters. The molecule has 0 aromatic heterocycles. The average Bonchev–Trinajstić information content (AvgIpc) is 2.37. The summed E-state index contributed by atoms with van der Waals surface area (Å²) in [4.78, 5) is 0. The van der Waals surface area contributed by atoms with Gasteiger partial charge in [0.2, 0.25) is 0 Å². The van der Waals surface area contributed by atoms with Crippen LogP contribution in [0.4, 0.5) is 0 Å². The molecule has 0 aliphatic heterocycles. The van der Waals surface area contributed by atoms with Crippen LogP contribution in [0, 0.1) is 6.92 Å². The van der Waals surface area contributed by atoms with Crippen LogP contribution in [0.3, 0.4) is 0 Å². The Morgan fingerprint density at radius 1 is 1.00 bits per heavy atom. The predicted octanol–water partition coefficient (Wildman–Crippen LogP) is 3.66. The molecule has 0 aliphatic rings. The SMILES string of the molecule is Cc1cccc(CC[C@@H](O)c2ccccc2)c1. The smallest absolute Gasteiger partial charge is 0.0793 e. The van der Waals surface area contributed by atoms with Gasteiger partial charge in [-0.2, -0.15) is 0 Å². The molecule has 0 bridgehead atoms. The summed E-state index contributed by atoms with van der Waals surface area (Å²) in [5, 5.41) is 10.1. The van der Waals surface area contributed by atoms with Gasteiger partial charge in [0.1, 0.15) is 0 Å². The summed E-state index contributed by atoms with van der Waals surface area (Å²) in [6.45, 7) is 2.09. The van der Waals surface area contributed by atoms with E-state index in [1.54, 1.807) is 0 Å². The molecule has 2 rings (SSSR count). The van der Waals surface area contributed by atoms with Gasteiger partial charge in [0.05, 0.1) is 6.10 Å². The van der Waals surface area contributed by atoms with Crippen LogP contribution in [0.5, 0.6) is 0 Å². The second kappa shape index (κ2) is 5.65. The summed E-state index contributed by atoms with van der Waals surface area (Å²) in [6, 6.07) is 18.3. The molecule has 2 aromatic carbocycles. The second-order valence-electron chi connectivity index (χ2n) is 4.45. The van der Waals surface area contributed by atoms with Crippen molar-refractivity contribution in [3.63, 3.8) is 0 Å². The summed E-state index contributed by atoms with van der Waals surface area (Å²) in [5.74, 6) is 0. The largest absolute Gasteiger partial charge is 0.388 e. The first kappa shape index (κ1) is 11.9. The Morgan fingerprint density at radius 3 is 2.47 bits per heavy atom. The van der Waals surface area contributed by atoms with E-state index >= 15 is 0 Å². The van der Waals surface area contributed by atoms with Crippen molar-refractivity contribution in [2.45, 2.75) is 25.9 Å². The van der Waals surface area contributed by atoms with Crippen molar-refractivity contribution in [1.29, 1.82) is 0 Å². The van der Waals surface area contributed by atoms with Crippen molar-refractivity contribution >= 4 is 0 Å². The van der Waals surface area contributed by atoms with Crippen LogP contribution >= 0.6 is 0 Å². The standard InChI is InChI=1S/C16H18O/c1-13-6-5-7-14(12-13)10-11-16(17)15-8-3-2-4-9-15/h2-9,12,16-17H,10-11H2,1H3/t16-/m1/s1. The third kappa shape index (κ3) is 3.43. The highest BCUT2D eigenvalue weighted by atomic mass is 16.3. The molecule has 1 nitrogen and oxygen atoms in total. The average molecular weight is 226 g/mol. The first-order valence-electron chi connectivity index (χ1n) is 6.04. The van der Waals surface area contributed by atoms with Crippen molar-refractivity contribution < 1.29 is 5.11 Å². The Labute approximate surface area is 103 Å². The molecule has 0 amide bonds. The number of benzene rings is 2. The molecule has 0 radical (unpaired) electrons. The van der Waals surface area contributed by atoms with Crippen LogP contribution in [-0.4, -0.2) is 5.11 Å². The molecule has 0 saturated heterocycles. The minimum atomic E-state index is -0.364. The lowest BCUT2D eigenvalue weighted by molar-refractivity contribution is 0.168. The molecule has 17 heavy (non-hydrogen) atoms. The van der Waals surface area contributed by atoms with Crippen molar-refractivity contribution in [3.8, 4) is 0 Å². The molecule has 0 spiro atoms. The van der Waals surface area contributed by atoms with E-state index in [2.05, 4.69) is 31.2 Å². The maximum atomic E-state index is 10.1. The second-order valence-corrected chi connectivity index (χ2v) is 4.45. The van der Waals surface area contributed by atoms with Crippen molar-refractivity contribution in [1.82, 2.24) is 0 Å². The quantitative estimate of drug-likeness (QED) is 0.843. The molecule has 88 valence electrons. The van der Waals surface area contributed by atoms with E-state index in [1.807, 2.05) is 30.3 Å². The van der Waals surface area contributed by atoms with E-state index in [4.69, 9.17) is 0 Å². The van der Waals surface area contributed by atoms with E-state index < -0.39 is 0 Å². The van der Waals surface area contributed by atoms with E-state index in [9.17, 15) is 5.11 Å². The van der Waals surface area contributed by atoms with Crippen molar-refractivity contribution in [2.24, 2.45) is 0 Å². The molecular weight excluding hydrogens is 208 g/mol. The van der Waals surface area contributed by atoms with E-state index in [-0.39, 0.29) is 6.10 Å². The number of hydrogen-bond acceptors (Lipinski definition) is 1. The van der Waals surface area contributed by atoms with Crippen molar-refractivity contribution in [2.75, 3.05) is 0 Å². The predicted molar refractivity (Wildman–Crippen MR) is 70.9 cm³/mol. The van der Waals surface area contributed by atoms with Gasteiger partial charge in [0.15, 0.2) is 0 Å². The van der Waals surface area contributed by atoms with Crippen LogP contribution in [0.1, 0.15) is 29.2 Å². The van der Waals surface area contributed by atoms with Gasteiger partial charge in [0, 0.05) is 0 Å². The van der Waals surface area contributed by atoms with Gasteiger partial charge < -0.3 is 5.11 Å². The fraction of sp³-hybridized carbons (Fsp3) is 0.250. The molecular formula is C16H18O. The maximum Gasteiger partial charge on any atom is 0.0793 e. The zero-order valence-electron chi connectivity index (χ0n) is 10.1. The van der Waals surface area contributed by atoms with Crippen LogP contribution in [0.25, 0.3) is 0 Å². The third-order valence-electron chi connectivity index (χ3n) is 2.97. The molecule has 1 atom stereocenters. The minimum absolute atomic E-state index is 0.364. The van der Waals surface area contributed by atoms with Gasteiger partial charge in [-0.15, -0.1) is 0 Å². The molecule has 0 aliphatic carbocycles. The lowest BCUT2D eigenvalue weighted by Gasteiger charge is -2.10. The summed E-state index contributed by atoms with van der Waals surface area (Å²) in [7, 11) is 0. The summed E-state index contributed by atoms with van der Waals surface area (Å²) < 4.78 is 0. The van der Waals surface area contributed by atoms with Gasteiger partial charge in [-0.05, 0) is 30.9 Å². The minimum Gasteiger partial charge on any atom is -0.388 e. The van der Waals surface area contributed by atoms with E-state index in [0.717, 1.165) is 18.4 Å². The first-order chi connectivity index (χ1) is 8.25. The molecule has 2 aromatic rings. The number of aliphatic hydroxyl groups excluding tert-OH is 1. The number of aliphatic hydroxyl groups is 1. The summed E-state index contributed by atoms with van der Waals surface area (Å²) >= 11 is 0. The normalized spacial score (nSPS) is 12.4. The number of aryl methyl sites for hydroxylation is 2. The lowest BCUT2D eigenvalue weighted by atomic mass is 10.0. The van der Waals surface area contributed by atoms with Gasteiger partial charge >= 0.3 is 0 Å². The molecule has 1 heteroatoms. The monoisotopic (exact) mass is 226 g/mol. The van der Waals surface area contributed by atoms with Gasteiger partial charge in [-0.25, -0.2) is 0 Å². The molecule has 0 saturated carbocycles. The third-order valence-corrected chi connectivity index (χ3v) is 2.97. The topological polar surface area (TPSA) is 20.2 Å². The fourth-order valence-electron chi connectivity index (χ4n) is 2.01. The molecule has 0 fully saturated rings. The number of rotatable bonds is 4. The van der Waals surface area contributed by atoms with E-state index in [1.165, 1.54) is 11.1 Å². The fourth-order valence-corrected chi connectivity index (χ4v) is 2.01. The first-order valence-corrected chi connectivity index (χ1v) is 6.04. The van der Waals surface area contributed by atoms with Gasteiger partial charge in [0.25, 0.3) is 0 Å². The molecule has 0 heterocycles. The zero-order chi connectivity index (χ0) is 12.1. The Bertz CT molecular complexity index is 462. The highest BCUT2D eigenvalue weighted by Crippen LogP contribution is 2.18. The van der Waals surface area contributed by atoms with Crippen LogP contribution in [0.2, 0.25) is 0 Å². The zero-order valence-corrected chi connectivity index (χ0v) is 10.1. The summed E-state index contributed by atoms with van der Waals surface area (Å²) in [5.41, 5.74) is 3.57. The van der Waals surface area contributed by atoms with Crippen LogP contribution < -0.4 is 0 Å². The lowest BCUT2D eigenvalue weighted by Crippen LogP contribution is -1.99. The Morgan fingerprint density at radius 2 is 1.76 bits per heavy atom. The van der Waals surface area contributed by atoms with E-state index in [0.29, 0.717) is 0 Å². The Balaban J connectivity index is 1.95. The van der Waals surface area contributed by atoms with Crippen LogP contribution in [-0.2, 0) is 6.42 Å². The van der Waals surface area contributed by atoms with Crippen molar-refractivity contribution in [3.05, 3.63) is 71.3 Å². The molecule has 1 N–H and O–H groups in total.